The molecule has 2 aromatic rings. The predicted molar refractivity (Wildman–Crippen MR) is 105 cm³/mol. The average molecular weight is 391 g/mol. The van der Waals surface area contributed by atoms with Gasteiger partial charge < -0.3 is 10.0 Å². The number of thiazole rings is 1. The molecule has 1 aromatic heterocycles. The number of rotatable bonds is 2. The third-order valence-corrected chi connectivity index (χ3v) is 7.24. The number of aryl methyl sites for hydroxylation is 1. The van der Waals surface area contributed by atoms with Gasteiger partial charge >= 0.3 is 0 Å². The van der Waals surface area contributed by atoms with Crippen LogP contribution in [-0.2, 0) is 0 Å². The van der Waals surface area contributed by atoms with Gasteiger partial charge in [-0.2, -0.15) is 0 Å². The standard InChI is InChI=1S/C20H23ClN2O2S/c1-13-17(26-18(22-13)14-5-7-16(21)8-6-14)19(24)23-11-10-20(25)9-3-2-4-15(20)12-23/h5-8,15,25H,2-4,9-12H2,1H3/t15-,20+/m0/s1. The van der Waals surface area contributed by atoms with Gasteiger partial charge in [-0.05, 0) is 38.3 Å². The molecule has 0 radical (unpaired) electrons. The predicted octanol–water partition coefficient (Wildman–Crippen LogP) is 4.54. The Morgan fingerprint density at radius 2 is 2.08 bits per heavy atom. The van der Waals surface area contributed by atoms with Crippen molar-refractivity contribution in [1.82, 2.24) is 9.88 Å². The summed E-state index contributed by atoms with van der Waals surface area (Å²) in [6.07, 6.45) is 4.82. The van der Waals surface area contributed by atoms with E-state index in [0.717, 1.165) is 41.9 Å². The Balaban J connectivity index is 1.54. The van der Waals surface area contributed by atoms with Gasteiger partial charge in [0.2, 0.25) is 0 Å². The van der Waals surface area contributed by atoms with E-state index in [2.05, 4.69) is 4.98 Å². The third-order valence-electron chi connectivity index (χ3n) is 5.80. The molecule has 26 heavy (non-hydrogen) atoms. The summed E-state index contributed by atoms with van der Waals surface area (Å²) in [5, 5.41) is 12.4. The number of hydrogen-bond acceptors (Lipinski definition) is 4. The van der Waals surface area contributed by atoms with Crippen molar-refractivity contribution in [2.75, 3.05) is 13.1 Å². The maximum Gasteiger partial charge on any atom is 0.265 e. The van der Waals surface area contributed by atoms with Crippen molar-refractivity contribution in [2.45, 2.75) is 44.6 Å². The number of carbonyl (C=O) groups is 1. The van der Waals surface area contributed by atoms with Crippen LogP contribution in [0.2, 0.25) is 5.02 Å². The minimum Gasteiger partial charge on any atom is -0.389 e. The van der Waals surface area contributed by atoms with Crippen molar-refractivity contribution in [1.29, 1.82) is 0 Å². The van der Waals surface area contributed by atoms with Crippen LogP contribution in [0.5, 0.6) is 0 Å². The van der Waals surface area contributed by atoms with Crippen LogP contribution in [0.25, 0.3) is 10.6 Å². The molecule has 1 aliphatic heterocycles. The van der Waals surface area contributed by atoms with E-state index in [1.54, 1.807) is 0 Å². The Morgan fingerprint density at radius 1 is 1.31 bits per heavy atom. The molecule has 1 aliphatic carbocycles. The lowest BCUT2D eigenvalue weighted by Gasteiger charge is -2.47. The highest BCUT2D eigenvalue weighted by Gasteiger charge is 2.44. The number of benzene rings is 1. The first-order valence-electron chi connectivity index (χ1n) is 9.21. The highest BCUT2D eigenvalue weighted by molar-refractivity contribution is 7.17. The smallest absolute Gasteiger partial charge is 0.265 e. The molecule has 2 heterocycles. The molecule has 1 saturated carbocycles. The van der Waals surface area contributed by atoms with Crippen LogP contribution in [0, 0.1) is 12.8 Å². The minimum atomic E-state index is -0.563. The zero-order chi connectivity index (χ0) is 18.3. The molecule has 2 fully saturated rings. The van der Waals surface area contributed by atoms with E-state index in [1.807, 2.05) is 36.1 Å². The number of hydrogen-bond donors (Lipinski definition) is 1. The number of nitrogens with zero attached hydrogens (tertiary/aromatic N) is 2. The first-order chi connectivity index (χ1) is 12.5. The second-order valence-electron chi connectivity index (χ2n) is 7.49. The van der Waals surface area contributed by atoms with E-state index >= 15 is 0 Å². The molecule has 0 unspecified atom stereocenters. The topological polar surface area (TPSA) is 53.4 Å². The van der Waals surface area contributed by atoms with Crippen LogP contribution < -0.4 is 0 Å². The molecule has 1 aromatic carbocycles. The van der Waals surface area contributed by atoms with E-state index < -0.39 is 5.60 Å². The lowest BCUT2D eigenvalue weighted by atomic mass is 9.71. The van der Waals surface area contributed by atoms with Crippen molar-refractivity contribution >= 4 is 28.8 Å². The quantitative estimate of drug-likeness (QED) is 0.819. The molecule has 138 valence electrons. The SMILES string of the molecule is Cc1nc(-c2ccc(Cl)cc2)sc1C(=O)N1CC[C@]2(O)CCCC[C@H]2C1. The monoisotopic (exact) mass is 390 g/mol. The van der Waals surface area contributed by atoms with Gasteiger partial charge in [0.15, 0.2) is 0 Å². The van der Waals surface area contributed by atoms with Crippen LogP contribution >= 0.6 is 22.9 Å². The second kappa shape index (κ2) is 6.95. The van der Waals surface area contributed by atoms with Crippen LogP contribution in [-0.4, -0.2) is 39.6 Å². The Hall–Kier alpha value is -1.43. The second-order valence-corrected chi connectivity index (χ2v) is 8.92. The molecule has 0 bridgehead atoms. The summed E-state index contributed by atoms with van der Waals surface area (Å²) in [4.78, 5) is 20.3. The maximum atomic E-state index is 13.1. The molecule has 0 spiro atoms. The Labute approximate surface area is 162 Å². The van der Waals surface area contributed by atoms with Gasteiger partial charge in [0.05, 0.1) is 11.3 Å². The minimum absolute atomic E-state index is 0.0489. The number of fused-ring (bicyclic) bond motifs is 1. The number of piperidine rings is 1. The number of carbonyl (C=O) groups excluding carboxylic acids is 1. The average Bonchev–Trinajstić information content (AvgIpc) is 3.02. The molecule has 1 amide bonds. The Bertz CT molecular complexity index is 820. The number of aliphatic hydroxyl groups is 1. The number of aromatic nitrogens is 1. The Kier molecular flexibility index (Phi) is 4.80. The van der Waals surface area contributed by atoms with Crippen molar-refractivity contribution < 1.29 is 9.90 Å². The fourth-order valence-electron chi connectivity index (χ4n) is 4.21. The van der Waals surface area contributed by atoms with Crippen LogP contribution in [0.1, 0.15) is 47.5 Å². The van der Waals surface area contributed by atoms with Crippen LogP contribution in [0.4, 0.5) is 0 Å². The third kappa shape index (κ3) is 3.28. The van der Waals surface area contributed by atoms with E-state index in [9.17, 15) is 9.90 Å². The van der Waals surface area contributed by atoms with Gasteiger partial charge in [0.25, 0.3) is 5.91 Å². The van der Waals surface area contributed by atoms with E-state index in [0.29, 0.717) is 29.4 Å². The van der Waals surface area contributed by atoms with Crippen LogP contribution in [0.15, 0.2) is 24.3 Å². The first-order valence-corrected chi connectivity index (χ1v) is 10.4. The molecule has 6 heteroatoms. The highest BCUT2D eigenvalue weighted by atomic mass is 35.5. The summed E-state index contributed by atoms with van der Waals surface area (Å²) >= 11 is 7.40. The molecule has 4 nitrogen and oxygen atoms in total. The van der Waals surface area contributed by atoms with Gasteiger partial charge in [0, 0.05) is 29.6 Å². The van der Waals surface area contributed by atoms with Gasteiger partial charge in [-0.1, -0.05) is 36.6 Å². The van der Waals surface area contributed by atoms with E-state index in [1.165, 1.54) is 11.3 Å². The van der Waals surface area contributed by atoms with Gasteiger partial charge in [-0.3, -0.25) is 4.79 Å². The van der Waals surface area contributed by atoms with E-state index in [-0.39, 0.29) is 11.8 Å². The lowest BCUT2D eigenvalue weighted by Crippen LogP contribution is -2.54. The molecule has 2 atom stereocenters. The zero-order valence-corrected chi connectivity index (χ0v) is 16.4. The van der Waals surface area contributed by atoms with E-state index in [4.69, 9.17) is 11.6 Å². The number of amides is 1. The summed E-state index contributed by atoms with van der Waals surface area (Å²) in [5.74, 6) is 0.255. The van der Waals surface area contributed by atoms with Gasteiger partial charge in [-0.15, -0.1) is 11.3 Å². The van der Waals surface area contributed by atoms with Crippen molar-refractivity contribution in [3.05, 3.63) is 39.9 Å². The fourth-order valence-corrected chi connectivity index (χ4v) is 5.38. The van der Waals surface area contributed by atoms with Crippen molar-refractivity contribution in [2.24, 2.45) is 5.92 Å². The number of halogens is 1. The Morgan fingerprint density at radius 3 is 2.85 bits per heavy atom. The summed E-state index contributed by atoms with van der Waals surface area (Å²) in [5.41, 5.74) is 1.18. The maximum absolute atomic E-state index is 13.1. The molecular weight excluding hydrogens is 368 g/mol. The van der Waals surface area contributed by atoms with Gasteiger partial charge in [-0.25, -0.2) is 4.98 Å². The highest BCUT2D eigenvalue weighted by Crippen LogP contribution is 2.40. The van der Waals surface area contributed by atoms with Gasteiger partial charge in [0.1, 0.15) is 9.88 Å². The summed E-state index contributed by atoms with van der Waals surface area (Å²) < 4.78 is 0. The first kappa shape index (κ1) is 18.0. The summed E-state index contributed by atoms with van der Waals surface area (Å²) in [6.45, 7) is 3.17. The lowest BCUT2D eigenvalue weighted by molar-refractivity contribution is -0.0885. The summed E-state index contributed by atoms with van der Waals surface area (Å²) in [6, 6.07) is 7.53. The normalized spacial score (nSPS) is 25.8. The zero-order valence-electron chi connectivity index (χ0n) is 14.9. The fraction of sp³-hybridized carbons (Fsp3) is 0.500. The van der Waals surface area contributed by atoms with Crippen LogP contribution in [0.3, 0.4) is 0 Å². The molecule has 1 saturated heterocycles. The molecular formula is C20H23ClN2O2S. The molecule has 4 rings (SSSR count). The largest absolute Gasteiger partial charge is 0.389 e. The molecule has 2 aliphatic rings. The van der Waals surface area contributed by atoms with Crippen molar-refractivity contribution in [3.63, 3.8) is 0 Å². The van der Waals surface area contributed by atoms with Crippen molar-refractivity contribution in [3.8, 4) is 10.6 Å². The number of likely N-dealkylation sites (tertiary alicyclic amines) is 1. The molecule has 1 N–H and O–H groups in total. The summed E-state index contributed by atoms with van der Waals surface area (Å²) in [7, 11) is 0.